The van der Waals surface area contributed by atoms with Crippen LogP contribution >= 0.6 is 15.9 Å². The highest BCUT2D eigenvalue weighted by molar-refractivity contribution is 9.09. The van der Waals surface area contributed by atoms with Crippen molar-refractivity contribution in [1.82, 2.24) is 4.72 Å². The highest BCUT2D eigenvalue weighted by Crippen LogP contribution is 2.23. The highest BCUT2D eigenvalue weighted by Gasteiger charge is 2.31. The lowest BCUT2D eigenvalue weighted by Crippen LogP contribution is -2.47. The number of rotatable bonds is 9. The molecule has 0 bridgehead atoms. The molecule has 2 aromatic carbocycles. The summed E-state index contributed by atoms with van der Waals surface area (Å²) in [5, 5.41) is 21.3. The molecule has 0 heterocycles. The molecule has 27 heavy (non-hydrogen) atoms. The van der Waals surface area contributed by atoms with Crippen LogP contribution in [0.2, 0.25) is 0 Å². The van der Waals surface area contributed by atoms with Crippen LogP contribution in [0.15, 0.2) is 64.4 Å². The molecule has 0 aliphatic rings. The van der Waals surface area contributed by atoms with Gasteiger partial charge in [0.25, 0.3) is 5.69 Å². The Bertz CT molecular complexity index is 924. The SMILES string of the molecule is O=[N+]([O-])c1ccccc1S(=O)(=O)N[C@@H](C[S@@](=O)c1ccccc1)[C@@H](O)CBr. The summed E-state index contributed by atoms with van der Waals surface area (Å²) in [5.74, 6) is -0.198. The van der Waals surface area contributed by atoms with Gasteiger partial charge in [-0.15, -0.1) is 0 Å². The fourth-order valence-electron chi connectivity index (χ4n) is 2.26. The van der Waals surface area contributed by atoms with E-state index in [4.69, 9.17) is 0 Å². The fourth-order valence-corrected chi connectivity index (χ4v) is 5.54. The third-order valence-corrected chi connectivity index (χ3v) is 7.28. The lowest BCUT2D eigenvalue weighted by atomic mass is 10.2. The van der Waals surface area contributed by atoms with E-state index < -0.39 is 48.5 Å². The third-order valence-electron chi connectivity index (χ3n) is 3.62. The molecule has 8 nitrogen and oxygen atoms in total. The summed E-state index contributed by atoms with van der Waals surface area (Å²) in [6.45, 7) is 0. The Morgan fingerprint density at radius 3 is 2.33 bits per heavy atom. The number of aliphatic hydroxyl groups excluding tert-OH is 1. The van der Waals surface area contributed by atoms with Gasteiger partial charge in [-0.25, -0.2) is 13.1 Å². The number of hydrogen-bond acceptors (Lipinski definition) is 6. The normalized spacial score (nSPS) is 15.0. The molecule has 0 amide bonds. The Morgan fingerprint density at radius 1 is 1.15 bits per heavy atom. The molecule has 0 spiro atoms. The molecular weight excluding hydrogens is 460 g/mol. The van der Waals surface area contributed by atoms with E-state index in [1.807, 2.05) is 0 Å². The van der Waals surface area contributed by atoms with Crippen molar-refractivity contribution in [2.75, 3.05) is 11.1 Å². The van der Waals surface area contributed by atoms with Crippen molar-refractivity contribution in [1.29, 1.82) is 0 Å². The van der Waals surface area contributed by atoms with Gasteiger partial charge in [-0.3, -0.25) is 14.3 Å². The van der Waals surface area contributed by atoms with E-state index in [2.05, 4.69) is 20.7 Å². The van der Waals surface area contributed by atoms with Crippen LogP contribution in [-0.4, -0.2) is 45.9 Å². The minimum absolute atomic E-state index is 0.0308. The van der Waals surface area contributed by atoms with E-state index in [1.165, 1.54) is 12.1 Å². The fraction of sp³-hybridized carbons (Fsp3) is 0.250. The molecule has 146 valence electrons. The Balaban J connectivity index is 2.30. The van der Waals surface area contributed by atoms with Crippen LogP contribution in [0.3, 0.4) is 0 Å². The number of aliphatic hydroxyl groups is 1. The number of benzene rings is 2. The first kappa shape index (κ1) is 21.6. The predicted molar refractivity (Wildman–Crippen MR) is 105 cm³/mol. The van der Waals surface area contributed by atoms with Gasteiger partial charge < -0.3 is 5.11 Å². The minimum atomic E-state index is -4.33. The van der Waals surface area contributed by atoms with Gasteiger partial charge >= 0.3 is 0 Å². The maximum atomic E-state index is 12.7. The minimum Gasteiger partial charge on any atom is -0.391 e. The lowest BCUT2D eigenvalue weighted by Gasteiger charge is -2.22. The zero-order chi connectivity index (χ0) is 20.0. The number of nitrogens with zero attached hydrogens (tertiary/aromatic N) is 1. The summed E-state index contributed by atoms with van der Waals surface area (Å²) in [5.41, 5.74) is -0.582. The lowest BCUT2D eigenvalue weighted by molar-refractivity contribution is -0.387. The van der Waals surface area contributed by atoms with Crippen molar-refractivity contribution in [2.24, 2.45) is 0 Å². The highest BCUT2D eigenvalue weighted by atomic mass is 79.9. The molecule has 0 aromatic heterocycles. The standard InChI is InChI=1S/C16H17BrN2O6S2/c17-10-15(20)13(11-26(23)12-6-2-1-3-7-12)18-27(24,25)16-9-5-4-8-14(16)19(21)22/h1-9,13,15,18,20H,10-11H2/t13-,15-,26+/m0/s1. The number of sulfonamides is 1. The summed E-state index contributed by atoms with van der Waals surface area (Å²) in [6.07, 6.45) is -1.18. The van der Waals surface area contributed by atoms with E-state index >= 15 is 0 Å². The van der Waals surface area contributed by atoms with E-state index in [9.17, 15) is 27.8 Å². The van der Waals surface area contributed by atoms with Gasteiger partial charge in [-0.1, -0.05) is 46.3 Å². The first-order valence-electron chi connectivity index (χ1n) is 7.69. The molecule has 2 aromatic rings. The Hall–Kier alpha value is -1.66. The zero-order valence-corrected chi connectivity index (χ0v) is 17.1. The van der Waals surface area contributed by atoms with Crippen LogP contribution in [0.25, 0.3) is 0 Å². The van der Waals surface area contributed by atoms with Gasteiger partial charge in [-0.2, -0.15) is 0 Å². The number of alkyl halides is 1. The smallest absolute Gasteiger partial charge is 0.289 e. The Labute approximate surface area is 167 Å². The van der Waals surface area contributed by atoms with Crippen molar-refractivity contribution < 1.29 is 22.7 Å². The van der Waals surface area contributed by atoms with E-state index in [0.717, 1.165) is 12.1 Å². The van der Waals surface area contributed by atoms with Crippen LogP contribution in [0.1, 0.15) is 0 Å². The van der Waals surface area contributed by atoms with E-state index in [0.29, 0.717) is 4.90 Å². The maximum absolute atomic E-state index is 12.7. The second-order valence-corrected chi connectivity index (χ2v) is 9.33. The number of nitro benzene ring substituents is 1. The molecule has 0 aliphatic heterocycles. The summed E-state index contributed by atoms with van der Waals surface area (Å²) in [6, 6.07) is 12.2. The predicted octanol–water partition coefficient (Wildman–Crippen LogP) is 1.81. The van der Waals surface area contributed by atoms with Crippen molar-refractivity contribution in [3.8, 4) is 0 Å². The van der Waals surface area contributed by atoms with Crippen LogP contribution in [0, 0.1) is 10.1 Å². The third kappa shape index (κ3) is 5.66. The number of para-hydroxylation sites is 1. The average Bonchev–Trinajstić information content (AvgIpc) is 2.67. The Kier molecular flexibility index (Phi) is 7.62. The van der Waals surface area contributed by atoms with Crippen LogP contribution in [0.5, 0.6) is 0 Å². The monoisotopic (exact) mass is 476 g/mol. The molecule has 0 saturated carbocycles. The Morgan fingerprint density at radius 2 is 1.74 bits per heavy atom. The van der Waals surface area contributed by atoms with Gasteiger partial charge in [0, 0.05) is 22.0 Å². The first-order chi connectivity index (χ1) is 12.8. The van der Waals surface area contributed by atoms with Gasteiger partial charge in [0.15, 0.2) is 4.90 Å². The molecule has 2 rings (SSSR count). The largest absolute Gasteiger partial charge is 0.391 e. The summed E-state index contributed by atoms with van der Waals surface area (Å²) in [4.78, 5) is 10.3. The van der Waals surface area contributed by atoms with Crippen molar-refractivity contribution in [2.45, 2.75) is 21.9 Å². The molecule has 0 unspecified atom stereocenters. The van der Waals surface area contributed by atoms with Crippen LogP contribution in [-0.2, 0) is 20.8 Å². The van der Waals surface area contributed by atoms with Crippen molar-refractivity contribution >= 4 is 42.4 Å². The molecule has 0 fully saturated rings. The molecule has 2 N–H and O–H groups in total. The molecular formula is C16H17BrN2O6S2. The number of hydrogen-bond donors (Lipinski definition) is 2. The van der Waals surface area contributed by atoms with Crippen molar-refractivity contribution in [3.63, 3.8) is 0 Å². The number of nitrogens with one attached hydrogen (secondary N) is 1. The van der Waals surface area contributed by atoms with Crippen LogP contribution < -0.4 is 4.72 Å². The quantitative estimate of drug-likeness (QED) is 0.322. The van der Waals surface area contributed by atoms with Gasteiger partial charge in [-0.05, 0) is 18.2 Å². The topological polar surface area (TPSA) is 127 Å². The summed E-state index contributed by atoms with van der Waals surface area (Å²) in [7, 11) is -5.91. The van der Waals surface area contributed by atoms with E-state index in [1.54, 1.807) is 30.3 Å². The van der Waals surface area contributed by atoms with Gasteiger partial charge in [0.05, 0.1) is 27.9 Å². The second kappa shape index (κ2) is 9.51. The molecule has 0 saturated heterocycles. The first-order valence-corrected chi connectivity index (χ1v) is 11.6. The maximum Gasteiger partial charge on any atom is 0.289 e. The van der Waals surface area contributed by atoms with Gasteiger partial charge in [0.1, 0.15) is 0 Å². The zero-order valence-electron chi connectivity index (χ0n) is 13.9. The second-order valence-electron chi connectivity index (χ2n) is 5.50. The van der Waals surface area contributed by atoms with Crippen LogP contribution in [0.4, 0.5) is 5.69 Å². The van der Waals surface area contributed by atoms with E-state index in [-0.39, 0.29) is 11.1 Å². The molecule has 0 aliphatic carbocycles. The number of nitro groups is 1. The summed E-state index contributed by atoms with van der Waals surface area (Å²) >= 11 is 3.07. The molecule has 3 atom stereocenters. The molecule has 11 heteroatoms. The van der Waals surface area contributed by atoms with Gasteiger partial charge in [0.2, 0.25) is 10.0 Å². The average molecular weight is 477 g/mol. The summed E-state index contributed by atoms with van der Waals surface area (Å²) < 4.78 is 40.1. The van der Waals surface area contributed by atoms with Crippen molar-refractivity contribution in [3.05, 3.63) is 64.7 Å². The number of halogens is 1. The molecule has 0 radical (unpaired) electrons.